The van der Waals surface area contributed by atoms with E-state index in [2.05, 4.69) is 44.8 Å². The molecule has 1 saturated heterocycles. The summed E-state index contributed by atoms with van der Waals surface area (Å²) in [4.78, 5) is 11.5. The number of aromatic nitrogens is 2. The fourth-order valence-corrected chi connectivity index (χ4v) is 4.38. The molecule has 1 aliphatic carbocycles. The van der Waals surface area contributed by atoms with E-state index in [1.165, 1.54) is 45.1 Å². The Bertz CT molecular complexity index is 560. The van der Waals surface area contributed by atoms with Crippen LogP contribution in [0.5, 0.6) is 0 Å². The van der Waals surface area contributed by atoms with Crippen LogP contribution in [0.15, 0.2) is 17.4 Å². The van der Waals surface area contributed by atoms with Crippen molar-refractivity contribution in [2.24, 2.45) is 16.3 Å². The molecule has 0 aromatic carbocycles. The summed E-state index contributed by atoms with van der Waals surface area (Å²) >= 11 is 0. The topological polar surface area (TPSA) is 45.5 Å². The zero-order valence-electron chi connectivity index (χ0n) is 16.0. The Kier molecular flexibility index (Phi) is 7.58. The summed E-state index contributed by atoms with van der Waals surface area (Å²) in [5, 5.41) is 3.54. The van der Waals surface area contributed by atoms with Crippen molar-refractivity contribution in [2.45, 2.75) is 65.5 Å². The zero-order valence-corrected chi connectivity index (χ0v) is 18.3. The highest BCUT2D eigenvalue weighted by atomic mass is 127. The monoisotopic (exact) mass is 459 g/mol. The normalized spacial score (nSPS) is 20.2. The van der Waals surface area contributed by atoms with E-state index in [-0.39, 0.29) is 24.0 Å². The van der Waals surface area contributed by atoms with Gasteiger partial charge < -0.3 is 14.8 Å². The maximum Gasteiger partial charge on any atom is 0.194 e. The molecule has 1 aliphatic heterocycles. The Balaban J connectivity index is 0.00000225. The van der Waals surface area contributed by atoms with Gasteiger partial charge in [-0.05, 0) is 30.6 Å². The van der Waals surface area contributed by atoms with Gasteiger partial charge >= 0.3 is 0 Å². The average Bonchev–Trinajstić information content (AvgIpc) is 3.16. The van der Waals surface area contributed by atoms with Crippen molar-refractivity contribution in [1.82, 2.24) is 19.8 Å². The first-order valence-electron chi connectivity index (χ1n) is 9.57. The number of guanidine groups is 1. The fraction of sp³-hybridized carbons (Fsp3) is 0.789. The van der Waals surface area contributed by atoms with Gasteiger partial charge in [0, 0.05) is 39.1 Å². The molecule has 0 bridgehead atoms. The van der Waals surface area contributed by atoms with E-state index in [1.807, 2.05) is 13.2 Å². The molecule has 0 amide bonds. The van der Waals surface area contributed by atoms with Gasteiger partial charge in [-0.15, -0.1) is 24.0 Å². The Morgan fingerprint density at radius 2 is 2.04 bits per heavy atom. The first-order valence-corrected chi connectivity index (χ1v) is 9.57. The molecular weight excluding hydrogens is 425 g/mol. The summed E-state index contributed by atoms with van der Waals surface area (Å²) in [5.74, 6) is 2.76. The molecule has 0 unspecified atom stereocenters. The van der Waals surface area contributed by atoms with Crippen LogP contribution in [-0.2, 0) is 13.1 Å². The van der Waals surface area contributed by atoms with Crippen molar-refractivity contribution in [3.8, 4) is 0 Å². The van der Waals surface area contributed by atoms with E-state index in [9.17, 15) is 0 Å². The smallest absolute Gasteiger partial charge is 0.194 e. The first kappa shape index (κ1) is 20.5. The molecule has 5 nitrogen and oxygen atoms in total. The van der Waals surface area contributed by atoms with Crippen molar-refractivity contribution in [2.75, 3.05) is 20.1 Å². The van der Waals surface area contributed by atoms with E-state index in [4.69, 9.17) is 0 Å². The standard InChI is InChI=1S/C19H33N5.HI/c1-16(2)14-23-12-10-21-17(23)13-22-18(20-3)24-11-9-19(15-24)7-5-4-6-8-19;/h10,12,16H,4-9,11,13-15H2,1-3H3,(H,20,22);1H. The lowest BCUT2D eigenvalue weighted by atomic mass is 9.73. The van der Waals surface area contributed by atoms with Crippen LogP contribution in [0, 0.1) is 11.3 Å². The summed E-state index contributed by atoms with van der Waals surface area (Å²) < 4.78 is 2.25. The third kappa shape index (κ3) is 5.11. The number of rotatable bonds is 4. The molecule has 1 aromatic heterocycles. The van der Waals surface area contributed by atoms with Crippen molar-refractivity contribution in [1.29, 1.82) is 0 Å². The lowest BCUT2D eigenvalue weighted by molar-refractivity contribution is 0.203. The van der Waals surface area contributed by atoms with Gasteiger partial charge in [-0.3, -0.25) is 4.99 Å². The van der Waals surface area contributed by atoms with Crippen molar-refractivity contribution >= 4 is 29.9 Å². The largest absolute Gasteiger partial charge is 0.349 e. The molecule has 2 heterocycles. The highest BCUT2D eigenvalue weighted by Gasteiger charge is 2.39. The zero-order chi connectivity index (χ0) is 17.0. The maximum atomic E-state index is 4.53. The van der Waals surface area contributed by atoms with Crippen LogP contribution in [0.2, 0.25) is 0 Å². The maximum absolute atomic E-state index is 4.53. The molecular formula is C19H34IN5. The van der Waals surface area contributed by atoms with Gasteiger partial charge in [-0.1, -0.05) is 33.1 Å². The minimum atomic E-state index is 0. The van der Waals surface area contributed by atoms with Crippen LogP contribution < -0.4 is 5.32 Å². The Morgan fingerprint density at radius 3 is 2.72 bits per heavy atom. The Labute approximate surface area is 169 Å². The van der Waals surface area contributed by atoms with Crippen LogP contribution in [0.1, 0.15) is 58.2 Å². The summed E-state index contributed by atoms with van der Waals surface area (Å²) in [5.41, 5.74) is 0.561. The molecule has 1 N–H and O–H groups in total. The summed E-state index contributed by atoms with van der Waals surface area (Å²) in [6.45, 7) is 8.56. The van der Waals surface area contributed by atoms with E-state index in [1.54, 1.807) is 0 Å². The number of aliphatic imine (C=N–C) groups is 1. The van der Waals surface area contributed by atoms with Crippen molar-refractivity contribution < 1.29 is 0 Å². The fourth-order valence-electron chi connectivity index (χ4n) is 4.38. The average molecular weight is 459 g/mol. The predicted octanol–water partition coefficient (Wildman–Crippen LogP) is 3.89. The van der Waals surface area contributed by atoms with E-state index in [0.29, 0.717) is 11.3 Å². The second kappa shape index (κ2) is 9.24. The molecule has 6 heteroatoms. The minimum Gasteiger partial charge on any atom is -0.349 e. The Hall–Kier alpha value is -0.790. The van der Waals surface area contributed by atoms with Crippen LogP contribution >= 0.6 is 24.0 Å². The molecule has 0 atom stereocenters. The van der Waals surface area contributed by atoms with Crippen molar-refractivity contribution in [3.63, 3.8) is 0 Å². The summed E-state index contributed by atoms with van der Waals surface area (Å²) in [6.07, 6.45) is 12.3. The number of nitrogens with zero attached hydrogens (tertiary/aromatic N) is 4. The van der Waals surface area contributed by atoms with Crippen LogP contribution in [-0.4, -0.2) is 40.5 Å². The van der Waals surface area contributed by atoms with Gasteiger partial charge in [0.25, 0.3) is 0 Å². The Morgan fingerprint density at radius 1 is 1.28 bits per heavy atom. The lowest BCUT2D eigenvalue weighted by Gasteiger charge is -2.33. The number of hydrogen-bond acceptors (Lipinski definition) is 2. The highest BCUT2D eigenvalue weighted by Crippen LogP contribution is 2.43. The third-order valence-electron chi connectivity index (χ3n) is 5.63. The molecule has 3 rings (SSSR count). The van der Waals surface area contributed by atoms with Crippen molar-refractivity contribution in [3.05, 3.63) is 18.2 Å². The van der Waals surface area contributed by atoms with Gasteiger partial charge in [0.2, 0.25) is 0 Å². The predicted molar refractivity (Wildman–Crippen MR) is 114 cm³/mol. The number of hydrogen-bond donors (Lipinski definition) is 1. The molecule has 1 spiro atoms. The first-order chi connectivity index (χ1) is 11.6. The van der Waals surface area contributed by atoms with Crippen LogP contribution in [0.25, 0.3) is 0 Å². The quantitative estimate of drug-likeness (QED) is 0.422. The molecule has 1 aromatic rings. The molecule has 0 radical (unpaired) electrons. The molecule has 142 valence electrons. The summed E-state index contributed by atoms with van der Waals surface area (Å²) in [6, 6.07) is 0. The number of halogens is 1. The van der Waals surface area contributed by atoms with Gasteiger partial charge in [0.05, 0.1) is 6.54 Å². The third-order valence-corrected chi connectivity index (χ3v) is 5.63. The van der Waals surface area contributed by atoms with Crippen LogP contribution in [0.3, 0.4) is 0 Å². The minimum absolute atomic E-state index is 0. The number of imidazole rings is 1. The van der Waals surface area contributed by atoms with Gasteiger partial charge in [0.1, 0.15) is 5.82 Å². The summed E-state index contributed by atoms with van der Waals surface area (Å²) in [7, 11) is 1.90. The second-order valence-corrected chi connectivity index (χ2v) is 8.02. The lowest BCUT2D eigenvalue weighted by Crippen LogP contribution is -2.41. The number of nitrogens with one attached hydrogen (secondary N) is 1. The van der Waals surface area contributed by atoms with Gasteiger partial charge in [-0.2, -0.15) is 0 Å². The van der Waals surface area contributed by atoms with Crippen LogP contribution in [0.4, 0.5) is 0 Å². The van der Waals surface area contributed by atoms with E-state index in [0.717, 1.165) is 31.4 Å². The van der Waals surface area contributed by atoms with E-state index >= 15 is 0 Å². The second-order valence-electron chi connectivity index (χ2n) is 8.02. The highest BCUT2D eigenvalue weighted by molar-refractivity contribution is 14.0. The SMILES string of the molecule is CN=C(NCc1nccn1CC(C)C)N1CCC2(CCCCC2)C1.I. The molecule has 25 heavy (non-hydrogen) atoms. The number of likely N-dealkylation sites (tertiary alicyclic amines) is 1. The molecule has 1 saturated carbocycles. The van der Waals surface area contributed by atoms with Gasteiger partial charge in [-0.25, -0.2) is 4.98 Å². The molecule has 2 aliphatic rings. The van der Waals surface area contributed by atoms with E-state index < -0.39 is 0 Å². The molecule has 2 fully saturated rings. The van der Waals surface area contributed by atoms with Gasteiger partial charge in [0.15, 0.2) is 5.96 Å².